The number of aromatic nitrogens is 2. The summed E-state index contributed by atoms with van der Waals surface area (Å²) in [6.45, 7) is 3.36. The molecule has 2 N–H and O–H groups in total. The molecule has 0 unspecified atom stereocenters. The van der Waals surface area contributed by atoms with Gasteiger partial charge in [-0.05, 0) is 6.04 Å². The second-order valence-electron chi connectivity index (χ2n) is 1.42. The van der Waals surface area contributed by atoms with E-state index < -0.39 is 0 Å². The molecule has 0 aliphatic carbocycles. The second-order valence-corrected chi connectivity index (χ2v) is 1.42. The van der Waals surface area contributed by atoms with Crippen LogP contribution >= 0.6 is 0 Å². The quantitative estimate of drug-likeness (QED) is 0.589. The number of hydrogen-bond acceptors (Lipinski definition) is 3. The fourth-order valence-electron chi connectivity index (χ4n) is 0.355. The molecule has 3 heteroatoms. The number of nitrogens with zero attached hydrogens (tertiary/aromatic N) is 2. The average molecular weight is 124 g/mol. The molecule has 0 atom stereocenters. The van der Waals surface area contributed by atoms with Gasteiger partial charge in [-0.3, -0.25) is 0 Å². The molecule has 0 bridgehead atoms. The Labute approximate surface area is 57.5 Å². The molecule has 0 aliphatic rings. The first kappa shape index (κ1) is 2.96. The van der Waals surface area contributed by atoms with E-state index in [0.29, 0.717) is 0 Å². The van der Waals surface area contributed by atoms with E-state index in [0.717, 1.165) is 0 Å². The highest BCUT2D eigenvalue weighted by Crippen LogP contribution is 1.93. The summed E-state index contributed by atoms with van der Waals surface area (Å²) >= 11 is 0. The van der Waals surface area contributed by atoms with Gasteiger partial charge >= 0.3 is 0 Å². The minimum Gasteiger partial charge on any atom is -0.396 e. The van der Waals surface area contributed by atoms with Crippen LogP contribution in [0.15, 0.2) is 25.0 Å². The highest BCUT2D eigenvalue weighted by molar-refractivity contribution is 5.51. The highest BCUT2D eigenvalue weighted by Gasteiger charge is 1.90. The normalized spacial score (nSPS) is 13.6. The second kappa shape index (κ2) is 2.26. The van der Waals surface area contributed by atoms with Crippen LogP contribution in [0.25, 0.3) is 5.70 Å². The van der Waals surface area contributed by atoms with Gasteiger partial charge in [-0.1, -0.05) is 6.58 Å². The van der Waals surface area contributed by atoms with Gasteiger partial charge < -0.3 is 5.73 Å². The molecular formula is C6H7N3. The third-order valence-electron chi connectivity index (χ3n) is 0.723. The van der Waals surface area contributed by atoms with E-state index in [1.165, 1.54) is 0 Å². The minimum atomic E-state index is -0.309. The first-order valence-electron chi connectivity index (χ1n) is 3.79. The van der Waals surface area contributed by atoms with E-state index in [1.807, 2.05) is 0 Å². The molecule has 1 heterocycles. The Bertz CT molecular complexity index is 314. The van der Waals surface area contributed by atoms with Crippen molar-refractivity contribution < 1.29 is 4.11 Å². The molecule has 0 amide bonds. The predicted molar refractivity (Wildman–Crippen MR) is 35.3 cm³/mol. The summed E-state index contributed by atoms with van der Waals surface area (Å²) in [5, 5.41) is 0. The third-order valence-corrected chi connectivity index (χ3v) is 0.723. The third kappa shape index (κ3) is 1.25. The topological polar surface area (TPSA) is 51.8 Å². The van der Waals surface area contributed by atoms with E-state index >= 15 is 0 Å². The molecule has 0 aromatic carbocycles. The fraction of sp³-hybridized carbons (Fsp3) is 0. The Morgan fingerprint density at radius 3 is 2.67 bits per heavy atom. The van der Waals surface area contributed by atoms with Crippen molar-refractivity contribution in [3.8, 4) is 0 Å². The maximum absolute atomic E-state index is 7.14. The van der Waals surface area contributed by atoms with Crippen molar-refractivity contribution in [3.63, 3.8) is 0 Å². The van der Waals surface area contributed by atoms with Crippen molar-refractivity contribution in [1.29, 1.82) is 0 Å². The Hall–Kier alpha value is -1.38. The first-order valence-corrected chi connectivity index (χ1v) is 2.29. The number of rotatable bonds is 1. The summed E-state index contributed by atoms with van der Waals surface area (Å²) < 4.78 is 21.4. The lowest BCUT2D eigenvalue weighted by molar-refractivity contribution is 1.11. The van der Waals surface area contributed by atoms with Crippen LogP contribution in [-0.2, 0) is 0 Å². The van der Waals surface area contributed by atoms with Crippen molar-refractivity contribution in [1.82, 2.24) is 9.97 Å². The fourth-order valence-corrected chi connectivity index (χ4v) is 0.355. The summed E-state index contributed by atoms with van der Waals surface area (Å²) in [5.74, 6) is 0.0426. The molecule has 0 fully saturated rings. The van der Waals surface area contributed by atoms with Crippen molar-refractivity contribution in [3.05, 3.63) is 30.8 Å². The van der Waals surface area contributed by atoms with E-state index in [-0.39, 0.29) is 29.9 Å². The van der Waals surface area contributed by atoms with Crippen LogP contribution in [-0.4, -0.2) is 9.97 Å². The van der Waals surface area contributed by atoms with Crippen LogP contribution in [0.3, 0.4) is 0 Å². The lowest BCUT2D eigenvalue weighted by Crippen LogP contribution is -1.98. The molecule has 1 aromatic heterocycles. The van der Waals surface area contributed by atoms with Gasteiger partial charge in [-0.2, -0.15) is 0 Å². The zero-order valence-electron chi connectivity index (χ0n) is 7.68. The van der Waals surface area contributed by atoms with Gasteiger partial charge in [-0.15, -0.1) is 0 Å². The summed E-state index contributed by atoms with van der Waals surface area (Å²) in [5.41, 5.74) is 5.35. The Morgan fingerprint density at radius 2 is 2.22 bits per heavy atom. The van der Waals surface area contributed by atoms with Gasteiger partial charge in [0.2, 0.25) is 0 Å². The summed E-state index contributed by atoms with van der Waals surface area (Å²) in [6, 6.07) is -0.306. The van der Waals surface area contributed by atoms with Crippen LogP contribution < -0.4 is 5.73 Å². The van der Waals surface area contributed by atoms with Gasteiger partial charge in [-0.25, -0.2) is 9.97 Å². The van der Waals surface area contributed by atoms with Gasteiger partial charge in [0.15, 0.2) is 5.82 Å². The predicted octanol–water partition coefficient (Wildman–Crippen LogP) is 0.406. The van der Waals surface area contributed by atoms with Gasteiger partial charge in [0, 0.05) is 12.3 Å². The monoisotopic (exact) mass is 124 g/mol. The lowest BCUT2D eigenvalue weighted by atomic mass is 10.5. The van der Waals surface area contributed by atoms with Crippen LogP contribution in [0.5, 0.6) is 0 Å². The SMILES string of the molecule is [2H]c1nc(C(=C)N)nc([2H])c1[2H]. The van der Waals surface area contributed by atoms with Crippen molar-refractivity contribution in [2.75, 3.05) is 0 Å². The van der Waals surface area contributed by atoms with E-state index in [1.54, 1.807) is 0 Å². The molecule has 1 rings (SSSR count). The molecular weight excluding hydrogens is 114 g/mol. The van der Waals surface area contributed by atoms with Crippen molar-refractivity contribution in [2.24, 2.45) is 5.73 Å². The van der Waals surface area contributed by atoms with E-state index in [2.05, 4.69) is 16.5 Å². The van der Waals surface area contributed by atoms with E-state index in [4.69, 9.17) is 9.85 Å². The van der Waals surface area contributed by atoms with E-state index in [9.17, 15) is 0 Å². The number of hydrogen-bond donors (Lipinski definition) is 1. The lowest BCUT2D eigenvalue weighted by Gasteiger charge is -1.92. The maximum Gasteiger partial charge on any atom is 0.174 e. The molecule has 9 heavy (non-hydrogen) atoms. The van der Waals surface area contributed by atoms with Crippen LogP contribution in [0.2, 0.25) is 0 Å². The van der Waals surface area contributed by atoms with Crippen molar-refractivity contribution >= 4 is 5.70 Å². The number of nitrogens with two attached hydrogens (primary N) is 1. The van der Waals surface area contributed by atoms with Gasteiger partial charge in [0.1, 0.15) is 0 Å². The zero-order valence-corrected chi connectivity index (χ0v) is 4.68. The molecule has 3 nitrogen and oxygen atoms in total. The van der Waals surface area contributed by atoms with Crippen LogP contribution in [0.4, 0.5) is 0 Å². The van der Waals surface area contributed by atoms with Crippen LogP contribution in [0, 0.1) is 0 Å². The van der Waals surface area contributed by atoms with Crippen molar-refractivity contribution in [2.45, 2.75) is 0 Å². The minimum absolute atomic E-state index is 0.0426. The van der Waals surface area contributed by atoms with Crippen LogP contribution in [0.1, 0.15) is 9.94 Å². The summed E-state index contributed by atoms with van der Waals surface area (Å²) in [6.07, 6.45) is -0.617. The molecule has 0 saturated carbocycles. The summed E-state index contributed by atoms with van der Waals surface area (Å²) in [7, 11) is 0. The molecule has 0 radical (unpaired) electrons. The Morgan fingerprint density at radius 1 is 1.67 bits per heavy atom. The van der Waals surface area contributed by atoms with Gasteiger partial charge in [0.05, 0.1) is 9.81 Å². The molecule has 1 aromatic rings. The zero-order chi connectivity index (χ0) is 9.30. The highest BCUT2D eigenvalue weighted by atomic mass is 14.9. The molecule has 46 valence electrons. The molecule has 0 aliphatic heterocycles. The smallest absolute Gasteiger partial charge is 0.174 e. The first-order chi connectivity index (χ1) is 5.52. The Balaban J connectivity index is 3.31. The summed E-state index contributed by atoms with van der Waals surface area (Å²) in [4.78, 5) is 7.11. The standard InChI is InChI=1S/C6H7N3/c1-5(7)6-8-3-2-4-9-6/h2-4H,1,7H2/i2D,3D,4D. The average Bonchev–Trinajstić information content (AvgIpc) is 1.99. The largest absolute Gasteiger partial charge is 0.396 e. The Kier molecular flexibility index (Phi) is 0.743. The molecule has 0 saturated heterocycles. The van der Waals surface area contributed by atoms with Gasteiger partial charge in [0.25, 0.3) is 0 Å². The molecule has 0 spiro atoms. The maximum atomic E-state index is 7.14.